The van der Waals surface area contributed by atoms with Gasteiger partial charge in [-0.05, 0) is 49.1 Å². The van der Waals surface area contributed by atoms with E-state index in [1.807, 2.05) is 30.3 Å². The first kappa shape index (κ1) is 22.7. The molecular formula is C22H26N2O6. The molecule has 8 nitrogen and oxygen atoms in total. The lowest BCUT2D eigenvalue weighted by Gasteiger charge is -2.15. The van der Waals surface area contributed by atoms with E-state index in [0.717, 1.165) is 5.56 Å². The molecule has 1 atom stereocenters. The average Bonchev–Trinajstić information content (AvgIpc) is 2.77. The molecule has 0 saturated carbocycles. The maximum absolute atomic E-state index is 12.2. The number of methoxy groups -OCH3 is 1. The molecule has 0 aromatic heterocycles. The van der Waals surface area contributed by atoms with Gasteiger partial charge in [0.15, 0.2) is 0 Å². The number of nitrogens with one attached hydrogen (secondary N) is 2. The SMILES string of the molecule is COc1ccc(C(=O)NC(CCCCNC(=O)OCc2ccccc2)C(=O)O)cc1. The van der Waals surface area contributed by atoms with E-state index in [-0.39, 0.29) is 13.0 Å². The fraction of sp³-hybridized carbons (Fsp3) is 0.318. The molecule has 30 heavy (non-hydrogen) atoms. The molecule has 160 valence electrons. The van der Waals surface area contributed by atoms with Crippen LogP contribution >= 0.6 is 0 Å². The summed E-state index contributed by atoms with van der Waals surface area (Å²) in [7, 11) is 1.52. The smallest absolute Gasteiger partial charge is 0.407 e. The van der Waals surface area contributed by atoms with E-state index >= 15 is 0 Å². The maximum Gasteiger partial charge on any atom is 0.407 e. The van der Waals surface area contributed by atoms with Gasteiger partial charge in [-0.1, -0.05) is 30.3 Å². The molecular weight excluding hydrogens is 388 g/mol. The monoisotopic (exact) mass is 414 g/mol. The van der Waals surface area contributed by atoms with Crippen molar-refractivity contribution in [2.24, 2.45) is 0 Å². The van der Waals surface area contributed by atoms with E-state index in [9.17, 15) is 19.5 Å². The van der Waals surface area contributed by atoms with Gasteiger partial charge >= 0.3 is 12.1 Å². The Hall–Kier alpha value is -3.55. The molecule has 3 N–H and O–H groups in total. The second-order valence-electron chi connectivity index (χ2n) is 6.58. The largest absolute Gasteiger partial charge is 0.497 e. The van der Waals surface area contributed by atoms with Crippen molar-refractivity contribution in [3.8, 4) is 5.75 Å². The Balaban J connectivity index is 1.67. The van der Waals surface area contributed by atoms with Crippen LogP contribution in [-0.4, -0.2) is 42.8 Å². The number of hydrogen-bond donors (Lipinski definition) is 3. The molecule has 0 aliphatic rings. The van der Waals surface area contributed by atoms with Crippen molar-refractivity contribution in [3.63, 3.8) is 0 Å². The maximum atomic E-state index is 12.2. The van der Waals surface area contributed by atoms with E-state index in [2.05, 4.69) is 10.6 Å². The van der Waals surface area contributed by atoms with Crippen LogP contribution < -0.4 is 15.4 Å². The minimum absolute atomic E-state index is 0.186. The third kappa shape index (κ3) is 7.83. The van der Waals surface area contributed by atoms with Crippen molar-refractivity contribution in [2.45, 2.75) is 31.9 Å². The molecule has 8 heteroatoms. The summed E-state index contributed by atoms with van der Waals surface area (Å²) in [5.74, 6) is -0.962. The zero-order valence-electron chi connectivity index (χ0n) is 16.8. The number of rotatable bonds is 11. The van der Waals surface area contributed by atoms with Gasteiger partial charge in [0.05, 0.1) is 7.11 Å². The molecule has 2 aromatic carbocycles. The van der Waals surface area contributed by atoms with Gasteiger partial charge in [-0.2, -0.15) is 0 Å². The van der Waals surface area contributed by atoms with Crippen LogP contribution in [0, 0.1) is 0 Å². The molecule has 0 heterocycles. The standard InChI is InChI=1S/C22H26N2O6/c1-29-18-12-10-17(11-13-18)20(25)24-19(21(26)27)9-5-6-14-23-22(28)30-15-16-7-3-2-4-8-16/h2-4,7-8,10-13,19H,5-6,9,14-15H2,1H3,(H,23,28)(H,24,25)(H,26,27). The van der Waals surface area contributed by atoms with Crippen molar-refractivity contribution in [2.75, 3.05) is 13.7 Å². The number of ether oxygens (including phenoxy) is 2. The van der Waals surface area contributed by atoms with Crippen LogP contribution in [0.25, 0.3) is 0 Å². The Bertz CT molecular complexity index is 823. The molecule has 0 radical (unpaired) electrons. The molecule has 2 rings (SSSR count). The van der Waals surface area contributed by atoms with E-state index in [4.69, 9.17) is 9.47 Å². The van der Waals surface area contributed by atoms with E-state index in [1.165, 1.54) is 7.11 Å². The number of benzene rings is 2. The van der Waals surface area contributed by atoms with Gasteiger partial charge in [0, 0.05) is 12.1 Å². The lowest BCUT2D eigenvalue weighted by atomic mass is 10.1. The van der Waals surface area contributed by atoms with Crippen LogP contribution in [0.1, 0.15) is 35.2 Å². The minimum Gasteiger partial charge on any atom is -0.497 e. The zero-order chi connectivity index (χ0) is 21.8. The number of carbonyl (C=O) groups is 3. The van der Waals surface area contributed by atoms with Crippen LogP contribution in [0.3, 0.4) is 0 Å². The molecule has 2 amide bonds. The number of hydrogen-bond acceptors (Lipinski definition) is 5. The highest BCUT2D eigenvalue weighted by Gasteiger charge is 2.20. The highest BCUT2D eigenvalue weighted by molar-refractivity contribution is 5.96. The highest BCUT2D eigenvalue weighted by Crippen LogP contribution is 2.12. The summed E-state index contributed by atoms with van der Waals surface area (Å²) in [5, 5.41) is 14.5. The van der Waals surface area contributed by atoms with Gasteiger partial charge in [-0.25, -0.2) is 9.59 Å². The molecule has 0 aliphatic carbocycles. The normalized spacial score (nSPS) is 11.2. The van der Waals surface area contributed by atoms with Crippen molar-refractivity contribution >= 4 is 18.0 Å². The second-order valence-corrected chi connectivity index (χ2v) is 6.58. The lowest BCUT2D eigenvalue weighted by Crippen LogP contribution is -2.40. The summed E-state index contributed by atoms with van der Waals surface area (Å²) in [5.41, 5.74) is 1.24. The number of carbonyl (C=O) groups excluding carboxylic acids is 2. The summed E-state index contributed by atoms with van der Waals surface area (Å²) in [6, 6.07) is 14.7. The Kier molecular flexibility index (Phi) is 9.18. The number of amides is 2. The van der Waals surface area contributed by atoms with Crippen LogP contribution in [0.4, 0.5) is 4.79 Å². The molecule has 1 unspecified atom stereocenters. The predicted molar refractivity (Wildman–Crippen MR) is 110 cm³/mol. The summed E-state index contributed by atoms with van der Waals surface area (Å²) in [6.45, 7) is 0.539. The summed E-state index contributed by atoms with van der Waals surface area (Å²) >= 11 is 0. The number of aliphatic carboxylic acids is 1. The molecule has 0 fully saturated rings. The average molecular weight is 414 g/mol. The van der Waals surface area contributed by atoms with Crippen molar-refractivity contribution in [1.82, 2.24) is 10.6 Å². The first-order valence-corrected chi connectivity index (χ1v) is 9.62. The highest BCUT2D eigenvalue weighted by atomic mass is 16.5. The number of carboxylic acids is 1. The van der Waals surface area contributed by atoms with Gasteiger partial charge in [-0.3, -0.25) is 4.79 Å². The van der Waals surface area contributed by atoms with Crippen molar-refractivity contribution < 1.29 is 29.0 Å². The first-order valence-electron chi connectivity index (χ1n) is 9.62. The zero-order valence-corrected chi connectivity index (χ0v) is 16.8. The third-order valence-electron chi connectivity index (χ3n) is 4.36. The Morgan fingerprint density at radius 3 is 2.33 bits per heavy atom. The van der Waals surface area contributed by atoms with Gasteiger partial charge in [-0.15, -0.1) is 0 Å². The van der Waals surface area contributed by atoms with E-state index in [0.29, 0.717) is 30.7 Å². The molecule has 0 aliphatic heterocycles. The number of alkyl carbamates (subject to hydrolysis) is 1. The number of unbranched alkanes of at least 4 members (excludes halogenated alkanes) is 1. The Morgan fingerprint density at radius 2 is 1.70 bits per heavy atom. The van der Waals surface area contributed by atoms with Crippen LogP contribution in [0.5, 0.6) is 5.75 Å². The van der Waals surface area contributed by atoms with Crippen molar-refractivity contribution in [1.29, 1.82) is 0 Å². The number of carboxylic acid groups (broad SMARTS) is 1. The van der Waals surface area contributed by atoms with Gasteiger partial charge in [0.25, 0.3) is 5.91 Å². The Labute approximate surface area is 175 Å². The second kappa shape index (κ2) is 12.1. The van der Waals surface area contributed by atoms with Crippen LogP contribution in [-0.2, 0) is 16.1 Å². The summed E-state index contributed by atoms with van der Waals surface area (Å²) in [6.07, 6.45) is 0.792. The lowest BCUT2D eigenvalue weighted by molar-refractivity contribution is -0.139. The quantitative estimate of drug-likeness (QED) is 0.487. The Morgan fingerprint density at radius 1 is 1.00 bits per heavy atom. The fourth-order valence-electron chi connectivity index (χ4n) is 2.68. The molecule has 0 bridgehead atoms. The van der Waals surface area contributed by atoms with Gasteiger partial charge in [0.1, 0.15) is 18.4 Å². The molecule has 2 aromatic rings. The predicted octanol–water partition coefficient (Wildman–Crippen LogP) is 2.97. The van der Waals surface area contributed by atoms with Crippen LogP contribution in [0.15, 0.2) is 54.6 Å². The van der Waals surface area contributed by atoms with Gasteiger partial charge < -0.3 is 25.2 Å². The van der Waals surface area contributed by atoms with E-state index < -0.39 is 24.0 Å². The topological polar surface area (TPSA) is 114 Å². The van der Waals surface area contributed by atoms with Crippen molar-refractivity contribution in [3.05, 3.63) is 65.7 Å². The van der Waals surface area contributed by atoms with Gasteiger partial charge in [0.2, 0.25) is 0 Å². The summed E-state index contributed by atoms with van der Waals surface area (Å²) < 4.78 is 10.1. The van der Waals surface area contributed by atoms with Crippen LogP contribution in [0.2, 0.25) is 0 Å². The fourth-order valence-corrected chi connectivity index (χ4v) is 2.68. The molecule has 0 saturated heterocycles. The van der Waals surface area contributed by atoms with E-state index in [1.54, 1.807) is 24.3 Å². The third-order valence-corrected chi connectivity index (χ3v) is 4.36. The summed E-state index contributed by atoms with van der Waals surface area (Å²) in [4.78, 5) is 35.3. The first-order chi connectivity index (χ1) is 14.5. The minimum atomic E-state index is -1.10. The molecule has 0 spiro atoms.